The summed E-state index contributed by atoms with van der Waals surface area (Å²) in [6, 6.07) is 4.65. The molecule has 2 fully saturated rings. The van der Waals surface area contributed by atoms with Crippen LogP contribution < -0.4 is 10.2 Å². The SMILES string of the molecule is O=C(NCC(O)c1ccc(F)cn1)C1CCN(c2ncnc3[nH]ccc23)CC12CC2. The number of piperidine rings is 1. The molecule has 1 aliphatic carbocycles. The molecule has 1 aliphatic heterocycles. The van der Waals surface area contributed by atoms with E-state index >= 15 is 0 Å². The van der Waals surface area contributed by atoms with Gasteiger partial charge in [-0.3, -0.25) is 9.78 Å². The van der Waals surface area contributed by atoms with Crippen molar-refractivity contribution in [3.8, 4) is 0 Å². The molecule has 2 aliphatic rings. The first kappa shape index (κ1) is 18.9. The van der Waals surface area contributed by atoms with Crippen LogP contribution in [0, 0.1) is 17.2 Å². The first-order valence-electron chi connectivity index (χ1n) is 10.2. The van der Waals surface area contributed by atoms with Gasteiger partial charge in [-0.25, -0.2) is 14.4 Å². The van der Waals surface area contributed by atoms with Crippen molar-refractivity contribution in [3.63, 3.8) is 0 Å². The Morgan fingerprint density at radius 1 is 1.33 bits per heavy atom. The van der Waals surface area contributed by atoms with Crippen LogP contribution >= 0.6 is 0 Å². The Hall–Kier alpha value is -3.07. The van der Waals surface area contributed by atoms with Gasteiger partial charge in [0.15, 0.2) is 0 Å². The molecule has 0 aromatic carbocycles. The number of H-pyrrole nitrogens is 1. The average molecular weight is 410 g/mol. The highest BCUT2D eigenvalue weighted by Crippen LogP contribution is 2.56. The number of pyridine rings is 1. The van der Waals surface area contributed by atoms with Crippen LogP contribution in [0.15, 0.2) is 36.9 Å². The van der Waals surface area contributed by atoms with Crippen LogP contribution in [0.25, 0.3) is 11.0 Å². The van der Waals surface area contributed by atoms with Crippen molar-refractivity contribution in [1.29, 1.82) is 0 Å². The van der Waals surface area contributed by atoms with Gasteiger partial charge < -0.3 is 20.3 Å². The van der Waals surface area contributed by atoms with Gasteiger partial charge in [-0.1, -0.05) is 0 Å². The van der Waals surface area contributed by atoms with Gasteiger partial charge in [0.2, 0.25) is 5.91 Å². The van der Waals surface area contributed by atoms with E-state index in [0.29, 0.717) is 5.69 Å². The molecule has 8 nitrogen and oxygen atoms in total. The molecule has 3 aromatic heterocycles. The summed E-state index contributed by atoms with van der Waals surface area (Å²) in [6.45, 7) is 1.58. The molecule has 1 saturated carbocycles. The largest absolute Gasteiger partial charge is 0.385 e. The number of nitrogens with one attached hydrogen (secondary N) is 2. The van der Waals surface area contributed by atoms with Crippen molar-refractivity contribution < 1.29 is 14.3 Å². The summed E-state index contributed by atoms with van der Waals surface area (Å²) in [7, 11) is 0. The highest BCUT2D eigenvalue weighted by molar-refractivity contribution is 5.87. The molecule has 30 heavy (non-hydrogen) atoms. The lowest BCUT2D eigenvalue weighted by Gasteiger charge is -2.39. The normalized spacial score (nSPS) is 21.0. The average Bonchev–Trinajstić information content (AvgIpc) is 3.33. The Kier molecular flexibility index (Phi) is 4.62. The van der Waals surface area contributed by atoms with E-state index in [2.05, 4.69) is 30.2 Å². The fourth-order valence-corrected chi connectivity index (χ4v) is 4.54. The number of nitrogens with zero attached hydrogens (tertiary/aromatic N) is 4. The minimum Gasteiger partial charge on any atom is -0.385 e. The van der Waals surface area contributed by atoms with E-state index in [1.807, 2.05) is 12.3 Å². The van der Waals surface area contributed by atoms with Gasteiger partial charge in [0.05, 0.1) is 17.3 Å². The molecule has 1 spiro atoms. The lowest BCUT2D eigenvalue weighted by molar-refractivity contribution is -0.128. The fraction of sp³-hybridized carbons (Fsp3) is 0.429. The Morgan fingerprint density at radius 2 is 2.20 bits per heavy atom. The van der Waals surface area contributed by atoms with Gasteiger partial charge in [-0.15, -0.1) is 0 Å². The lowest BCUT2D eigenvalue weighted by Crippen LogP contribution is -2.48. The topological polar surface area (TPSA) is 107 Å². The van der Waals surface area contributed by atoms with E-state index < -0.39 is 11.9 Å². The third-order valence-corrected chi connectivity index (χ3v) is 6.34. The van der Waals surface area contributed by atoms with E-state index in [0.717, 1.165) is 55.4 Å². The van der Waals surface area contributed by atoms with E-state index in [-0.39, 0.29) is 23.8 Å². The number of aromatic nitrogens is 4. The number of aliphatic hydroxyl groups excluding tert-OH is 1. The van der Waals surface area contributed by atoms with E-state index in [4.69, 9.17) is 0 Å². The van der Waals surface area contributed by atoms with Crippen LogP contribution in [-0.2, 0) is 4.79 Å². The van der Waals surface area contributed by atoms with Crippen LogP contribution in [0.1, 0.15) is 31.1 Å². The summed E-state index contributed by atoms with van der Waals surface area (Å²) >= 11 is 0. The summed E-state index contributed by atoms with van der Waals surface area (Å²) in [5.74, 6) is 0.315. The van der Waals surface area contributed by atoms with Crippen LogP contribution in [0.4, 0.5) is 10.2 Å². The number of amides is 1. The zero-order valence-electron chi connectivity index (χ0n) is 16.4. The number of anilines is 1. The predicted octanol–water partition coefficient (Wildman–Crippen LogP) is 1.95. The monoisotopic (exact) mass is 410 g/mol. The van der Waals surface area contributed by atoms with Crippen LogP contribution in [0.5, 0.6) is 0 Å². The number of aliphatic hydroxyl groups is 1. The predicted molar refractivity (Wildman–Crippen MR) is 108 cm³/mol. The Balaban J connectivity index is 1.24. The van der Waals surface area contributed by atoms with Crippen LogP contribution in [0.3, 0.4) is 0 Å². The summed E-state index contributed by atoms with van der Waals surface area (Å²) < 4.78 is 13.0. The molecule has 9 heteroatoms. The van der Waals surface area contributed by atoms with Gasteiger partial charge in [0.25, 0.3) is 0 Å². The maximum atomic E-state index is 13.0. The third-order valence-electron chi connectivity index (χ3n) is 6.34. The van der Waals surface area contributed by atoms with Crippen molar-refractivity contribution in [2.45, 2.75) is 25.4 Å². The molecule has 1 amide bonds. The lowest BCUT2D eigenvalue weighted by atomic mass is 9.81. The highest BCUT2D eigenvalue weighted by atomic mass is 19.1. The summed E-state index contributed by atoms with van der Waals surface area (Å²) in [6.07, 6.45) is 6.26. The second kappa shape index (κ2) is 7.32. The number of carbonyl (C=O) groups is 1. The first-order valence-corrected chi connectivity index (χ1v) is 10.2. The maximum Gasteiger partial charge on any atom is 0.223 e. The quantitative estimate of drug-likeness (QED) is 0.594. The van der Waals surface area contributed by atoms with E-state index in [1.54, 1.807) is 6.33 Å². The van der Waals surface area contributed by atoms with E-state index in [9.17, 15) is 14.3 Å². The second-order valence-electron chi connectivity index (χ2n) is 8.22. The third kappa shape index (κ3) is 3.39. The summed E-state index contributed by atoms with van der Waals surface area (Å²) in [5, 5.41) is 14.1. The van der Waals surface area contributed by atoms with Gasteiger partial charge >= 0.3 is 0 Å². The molecule has 2 unspecified atom stereocenters. The summed E-state index contributed by atoms with van der Waals surface area (Å²) in [4.78, 5) is 30.9. The number of halogens is 1. The molecule has 156 valence electrons. The van der Waals surface area contributed by atoms with Crippen LogP contribution in [-0.4, -0.2) is 50.6 Å². The second-order valence-corrected chi connectivity index (χ2v) is 8.22. The zero-order chi connectivity index (χ0) is 20.7. The molecule has 4 heterocycles. The number of carbonyl (C=O) groups excluding carboxylic acids is 1. The minimum absolute atomic E-state index is 0.0391. The standard InChI is InChI=1S/C21H23FN6O2/c22-13-1-2-16(24-9-13)17(29)10-25-20(30)15-4-8-28(11-21(15)5-6-21)19-14-3-7-23-18(14)26-12-27-19/h1-3,7,9,12,15,17,29H,4-6,8,10-11H2,(H,25,30)(H,23,26,27). The van der Waals surface area contributed by atoms with Gasteiger partial charge in [-0.05, 0) is 42.9 Å². The van der Waals surface area contributed by atoms with Gasteiger partial charge in [0, 0.05) is 31.7 Å². The zero-order valence-corrected chi connectivity index (χ0v) is 16.4. The molecule has 0 radical (unpaired) electrons. The highest BCUT2D eigenvalue weighted by Gasteiger charge is 2.55. The van der Waals surface area contributed by atoms with Crippen LogP contribution in [0.2, 0.25) is 0 Å². The van der Waals surface area contributed by atoms with Gasteiger partial charge in [0.1, 0.15) is 29.7 Å². The van der Waals surface area contributed by atoms with Gasteiger partial charge in [-0.2, -0.15) is 0 Å². The summed E-state index contributed by atoms with van der Waals surface area (Å²) in [5.41, 5.74) is 1.11. The maximum absolute atomic E-state index is 13.0. The molecule has 3 N–H and O–H groups in total. The smallest absolute Gasteiger partial charge is 0.223 e. The molecular formula is C21H23FN6O2. The van der Waals surface area contributed by atoms with Crippen molar-refractivity contribution in [2.24, 2.45) is 11.3 Å². The Bertz CT molecular complexity index is 1060. The first-order chi connectivity index (χ1) is 14.6. The molecule has 3 aromatic rings. The number of fused-ring (bicyclic) bond motifs is 1. The van der Waals surface area contributed by atoms with Crippen molar-refractivity contribution in [2.75, 3.05) is 24.5 Å². The molecule has 5 rings (SSSR count). The van der Waals surface area contributed by atoms with Crippen molar-refractivity contribution in [1.82, 2.24) is 25.3 Å². The number of hydrogen-bond acceptors (Lipinski definition) is 6. The molecule has 1 saturated heterocycles. The Morgan fingerprint density at radius 3 is 2.97 bits per heavy atom. The Labute approximate surface area is 172 Å². The molecule has 2 atom stereocenters. The van der Waals surface area contributed by atoms with Crippen molar-refractivity contribution in [3.05, 3.63) is 48.4 Å². The molecular weight excluding hydrogens is 387 g/mol. The van der Waals surface area contributed by atoms with E-state index in [1.165, 1.54) is 12.1 Å². The fourth-order valence-electron chi connectivity index (χ4n) is 4.54. The number of aromatic amines is 1. The number of rotatable bonds is 5. The minimum atomic E-state index is -0.965. The molecule has 0 bridgehead atoms. The van der Waals surface area contributed by atoms with Crippen molar-refractivity contribution >= 4 is 22.8 Å². The number of hydrogen-bond donors (Lipinski definition) is 3.